The number of carbonyl (C=O) groups is 2. The molecule has 5 nitrogen and oxygen atoms in total. The van der Waals surface area contributed by atoms with Gasteiger partial charge in [0.15, 0.2) is 5.78 Å². The number of ketones is 1. The van der Waals surface area contributed by atoms with Crippen LogP contribution in [0.25, 0.3) is 0 Å². The Morgan fingerprint density at radius 1 is 1.19 bits per heavy atom. The maximum absolute atomic E-state index is 11.9. The second-order valence-electron chi connectivity index (χ2n) is 5.97. The van der Waals surface area contributed by atoms with Crippen LogP contribution in [-0.4, -0.2) is 37.2 Å². The maximum Gasteiger partial charge on any atom is 0.505 e. The Kier molecular flexibility index (Phi) is 4.28. The molecule has 0 atom stereocenters. The molecule has 21 heavy (non-hydrogen) atoms. The van der Waals surface area contributed by atoms with Crippen LogP contribution in [-0.2, 0) is 18.8 Å². The third-order valence-electron chi connectivity index (χ3n) is 3.92. The smallest absolute Gasteiger partial charge is 0.469 e. The second kappa shape index (κ2) is 5.55. The molecule has 1 fully saturated rings. The van der Waals surface area contributed by atoms with Crippen LogP contribution >= 0.6 is 11.3 Å². The van der Waals surface area contributed by atoms with Gasteiger partial charge in [0.25, 0.3) is 0 Å². The zero-order valence-corrected chi connectivity index (χ0v) is 13.7. The van der Waals surface area contributed by atoms with Gasteiger partial charge in [-0.15, -0.1) is 11.3 Å². The number of hydrogen-bond acceptors (Lipinski definition) is 6. The van der Waals surface area contributed by atoms with Crippen molar-refractivity contribution >= 4 is 35.0 Å². The van der Waals surface area contributed by atoms with E-state index in [1.807, 2.05) is 27.7 Å². The lowest BCUT2D eigenvalue weighted by Crippen LogP contribution is -2.41. The average molecular weight is 310 g/mol. The number of hydrogen-bond donors (Lipinski definition) is 0. The van der Waals surface area contributed by atoms with Crippen LogP contribution < -0.4 is 4.78 Å². The van der Waals surface area contributed by atoms with Gasteiger partial charge in [0.2, 0.25) is 0 Å². The van der Waals surface area contributed by atoms with E-state index < -0.39 is 24.3 Å². The van der Waals surface area contributed by atoms with E-state index >= 15 is 0 Å². The van der Waals surface area contributed by atoms with Crippen LogP contribution in [0.1, 0.15) is 43.8 Å². The van der Waals surface area contributed by atoms with Crippen molar-refractivity contribution in [2.75, 3.05) is 7.11 Å². The number of methoxy groups -OCH3 is 1. The molecule has 0 spiro atoms. The normalized spacial score (nSPS) is 19.6. The van der Waals surface area contributed by atoms with Crippen molar-refractivity contribution in [2.45, 2.75) is 45.3 Å². The molecule has 0 amide bonds. The fourth-order valence-corrected chi connectivity index (χ4v) is 2.78. The van der Waals surface area contributed by atoms with E-state index in [0.717, 1.165) is 4.78 Å². The first-order chi connectivity index (χ1) is 9.66. The molecular formula is C14H19BO5S. The topological polar surface area (TPSA) is 61.8 Å². The first kappa shape index (κ1) is 16.2. The van der Waals surface area contributed by atoms with E-state index in [2.05, 4.69) is 4.74 Å². The Morgan fingerprint density at radius 3 is 2.29 bits per heavy atom. The summed E-state index contributed by atoms with van der Waals surface area (Å²) in [6, 6.07) is 3.49. The van der Waals surface area contributed by atoms with E-state index in [9.17, 15) is 9.59 Å². The van der Waals surface area contributed by atoms with Crippen LogP contribution in [0.15, 0.2) is 12.1 Å². The Bertz CT molecular complexity index is 547. The van der Waals surface area contributed by atoms with Gasteiger partial charge >= 0.3 is 13.1 Å². The molecule has 0 unspecified atom stereocenters. The third kappa shape index (κ3) is 3.20. The third-order valence-corrected chi connectivity index (χ3v) is 5.07. The van der Waals surface area contributed by atoms with Crippen molar-refractivity contribution in [2.24, 2.45) is 0 Å². The highest BCUT2D eigenvalue weighted by Gasteiger charge is 2.52. The van der Waals surface area contributed by atoms with Gasteiger partial charge in [-0.3, -0.25) is 9.59 Å². The summed E-state index contributed by atoms with van der Waals surface area (Å²) in [6.07, 6.45) is -0.250. The van der Waals surface area contributed by atoms with E-state index in [-0.39, 0.29) is 12.2 Å². The lowest BCUT2D eigenvalue weighted by Gasteiger charge is -2.32. The van der Waals surface area contributed by atoms with Gasteiger partial charge < -0.3 is 14.0 Å². The number of Topliss-reactive ketones (excluding diaryl/α,β-unsaturated/α-hetero) is 1. The fraction of sp³-hybridized carbons (Fsp3) is 0.571. The highest BCUT2D eigenvalue weighted by molar-refractivity contribution is 7.23. The summed E-state index contributed by atoms with van der Waals surface area (Å²) in [5.41, 5.74) is -0.838. The molecule has 1 aromatic heterocycles. The number of thiophene rings is 1. The molecule has 0 N–H and O–H groups in total. The summed E-state index contributed by atoms with van der Waals surface area (Å²) in [5, 5.41) is 0. The Morgan fingerprint density at radius 2 is 1.76 bits per heavy atom. The molecule has 0 aliphatic carbocycles. The van der Waals surface area contributed by atoms with E-state index in [1.165, 1.54) is 18.4 Å². The summed E-state index contributed by atoms with van der Waals surface area (Å²) < 4.78 is 17.2. The molecule has 0 aromatic carbocycles. The van der Waals surface area contributed by atoms with Gasteiger partial charge in [0, 0.05) is 4.78 Å². The van der Waals surface area contributed by atoms with Crippen molar-refractivity contribution in [3.8, 4) is 0 Å². The predicted molar refractivity (Wildman–Crippen MR) is 81.0 cm³/mol. The van der Waals surface area contributed by atoms with Crippen LogP contribution in [0.5, 0.6) is 0 Å². The lowest BCUT2D eigenvalue weighted by molar-refractivity contribution is -0.139. The van der Waals surface area contributed by atoms with Gasteiger partial charge in [-0.1, -0.05) is 6.07 Å². The van der Waals surface area contributed by atoms with Crippen molar-refractivity contribution in [3.63, 3.8) is 0 Å². The molecule has 1 aliphatic heterocycles. The minimum Gasteiger partial charge on any atom is -0.469 e. The van der Waals surface area contributed by atoms with E-state index in [1.54, 1.807) is 12.1 Å². The molecule has 0 bridgehead atoms. The first-order valence-electron chi connectivity index (χ1n) is 6.71. The van der Waals surface area contributed by atoms with Crippen molar-refractivity contribution < 1.29 is 23.6 Å². The number of rotatable bonds is 4. The van der Waals surface area contributed by atoms with E-state index in [4.69, 9.17) is 9.31 Å². The molecule has 0 radical (unpaired) electrons. The summed E-state index contributed by atoms with van der Waals surface area (Å²) in [6.45, 7) is 7.90. The average Bonchev–Trinajstić information content (AvgIpc) is 2.93. The van der Waals surface area contributed by atoms with Crippen molar-refractivity contribution in [1.29, 1.82) is 0 Å². The summed E-state index contributed by atoms with van der Waals surface area (Å²) in [7, 11) is 0.777. The molecule has 2 heterocycles. The minimum absolute atomic E-state index is 0.250. The SMILES string of the molecule is COC(=O)CC(=O)c1ccc(B2OC(C)(C)C(C)(C)O2)s1. The Labute approximate surface area is 128 Å². The predicted octanol–water partition coefficient (Wildman–Crippen LogP) is 1.79. The molecule has 0 saturated carbocycles. The molecule has 7 heteroatoms. The quantitative estimate of drug-likeness (QED) is 0.367. The fourth-order valence-electron chi connectivity index (χ4n) is 1.88. The second-order valence-corrected chi connectivity index (χ2v) is 7.08. The number of esters is 1. The molecule has 1 aromatic rings. The molecule has 1 aliphatic rings. The van der Waals surface area contributed by atoms with Crippen molar-refractivity contribution in [1.82, 2.24) is 0 Å². The zero-order chi connectivity index (χ0) is 15.8. The standard InChI is InChI=1S/C14H19BO5S/c1-13(2)14(3,4)20-15(19-13)11-7-6-10(21-11)9(16)8-12(17)18-5/h6-7H,8H2,1-5H3. The summed E-state index contributed by atoms with van der Waals surface area (Å²) in [5.74, 6) is -0.791. The molecule has 1 saturated heterocycles. The first-order valence-corrected chi connectivity index (χ1v) is 7.53. The maximum atomic E-state index is 11.9. The van der Waals surface area contributed by atoms with Gasteiger partial charge in [0.1, 0.15) is 6.42 Å². The highest BCUT2D eigenvalue weighted by atomic mass is 32.1. The Hall–Kier alpha value is -1.18. The zero-order valence-electron chi connectivity index (χ0n) is 12.9. The van der Waals surface area contributed by atoms with Gasteiger partial charge in [-0.2, -0.15) is 0 Å². The number of ether oxygens (including phenoxy) is 1. The van der Waals surface area contributed by atoms with Crippen LogP contribution in [0.3, 0.4) is 0 Å². The lowest BCUT2D eigenvalue weighted by atomic mass is 9.88. The monoisotopic (exact) mass is 310 g/mol. The van der Waals surface area contributed by atoms with Gasteiger partial charge in [-0.25, -0.2) is 0 Å². The van der Waals surface area contributed by atoms with Crippen LogP contribution in [0.4, 0.5) is 0 Å². The molecular weight excluding hydrogens is 291 g/mol. The van der Waals surface area contributed by atoms with Gasteiger partial charge in [-0.05, 0) is 33.8 Å². The van der Waals surface area contributed by atoms with Crippen LogP contribution in [0, 0.1) is 0 Å². The summed E-state index contributed by atoms with van der Waals surface area (Å²) >= 11 is 1.28. The minimum atomic E-state index is -0.536. The molecule has 2 rings (SSSR count). The number of carbonyl (C=O) groups excluding carboxylic acids is 2. The van der Waals surface area contributed by atoms with Gasteiger partial charge in [0.05, 0.1) is 23.2 Å². The highest BCUT2D eigenvalue weighted by Crippen LogP contribution is 2.37. The molecule has 114 valence electrons. The largest absolute Gasteiger partial charge is 0.505 e. The summed E-state index contributed by atoms with van der Waals surface area (Å²) in [4.78, 5) is 23.6. The van der Waals surface area contributed by atoms with Crippen LogP contribution in [0.2, 0.25) is 0 Å². The van der Waals surface area contributed by atoms with Crippen molar-refractivity contribution in [3.05, 3.63) is 17.0 Å². The van der Waals surface area contributed by atoms with E-state index in [0.29, 0.717) is 4.88 Å². The Balaban J connectivity index is 2.11.